The first-order chi connectivity index (χ1) is 7.81. The molecule has 0 saturated heterocycles. The molecule has 0 aliphatic heterocycles. The molecule has 1 fully saturated rings. The van der Waals surface area contributed by atoms with Crippen molar-refractivity contribution in [3.8, 4) is 0 Å². The summed E-state index contributed by atoms with van der Waals surface area (Å²) in [4.78, 5) is 12.7. The third-order valence-electron chi connectivity index (χ3n) is 3.18. The van der Waals surface area contributed by atoms with Crippen molar-refractivity contribution in [2.75, 3.05) is 0 Å². The molecule has 1 aromatic heterocycles. The highest BCUT2D eigenvalue weighted by molar-refractivity contribution is 7.10. The summed E-state index contributed by atoms with van der Waals surface area (Å²) in [5.41, 5.74) is 0. The summed E-state index contributed by atoms with van der Waals surface area (Å²) in [5, 5.41) is 2.10. The van der Waals surface area contributed by atoms with E-state index in [1.54, 1.807) is 11.3 Å². The number of esters is 1. The Bertz CT molecular complexity index is 332. The summed E-state index contributed by atoms with van der Waals surface area (Å²) in [7, 11) is 0. The molecule has 2 rings (SSSR count). The van der Waals surface area contributed by atoms with Crippen molar-refractivity contribution in [3.05, 3.63) is 22.4 Å². The largest absolute Gasteiger partial charge is 0.462 e. The van der Waals surface area contributed by atoms with Crippen LogP contribution in [0.3, 0.4) is 0 Å². The molecular weight excluding hydrogens is 220 g/mol. The van der Waals surface area contributed by atoms with Gasteiger partial charge in [-0.2, -0.15) is 0 Å². The Kier molecular flexibility index (Phi) is 3.99. The lowest BCUT2D eigenvalue weighted by Crippen LogP contribution is -2.27. The van der Waals surface area contributed by atoms with Gasteiger partial charge in [-0.1, -0.05) is 19.4 Å². The number of rotatable bonds is 3. The van der Waals surface area contributed by atoms with E-state index in [2.05, 4.69) is 17.5 Å². The maximum Gasteiger partial charge on any atom is 0.305 e. The van der Waals surface area contributed by atoms with Crippen LogP contribution in [0.4, 0.5) is 0 Å². The summed E-state index contributed by atoms with van der Waals surface area (Å²) >= 11 is 1.78. The van der Waals surface area contributed by atoms with Crippen LogP contribution < -0.4 is 0 Å². The van der Waals surface area contributed by atoms with Crippen LogP contribution in [-0.2, 0) is 9.53 Å². The van der Waals surface area contributed by atoms with Crippen LogP contribution >= 0.6 is 11.3 Å². The first kappa shape index (κ1) is 11.6. The third-order valence-corrected chi connectivity index (χ3v) is 4.19. The van der Waals surface area contributed by atoms with Gasteiger partial charge in [-0.05, 0) is 30.7 Å². The number of carbonyl (C=O) groups is 1. The molecule has 0 radical (unpaired) electrons. The fraction of sp³-hybridized carbons (Fsp3) is 0.615. The Morgan fingerprint density at radius 1 is 1.50 bits per heavy atom. The molecule has 0 aromatic carbocycles. The van der Waals surface area contributed by atoms with Crippen molar-refractivity contribution in [1.29, 1.82) is 0 Å². The van der Waals surface area contributed by atoms with Gasteiger partial charge in [0.05, 0.1) is 0 Å². The SMILES string of the molecule is CCC(=O)O[C@@H]1CCCC[C@H]1c1cccs1. The minimum Gasteiger partial charge on any atom is -0.462 e. The van der Waals surface area contributed by atoms with E-state index in [9.17, 15) is 4.79 Å². The smallest absolute Gasteiger partial charge is 0.305 e. The zero-order valence-corrected chi connectivity index (χ0v) is 10.5. The van der Waals surface area contributed by atoms with Gasteiger partial charge in [0.25, 0.3) is 0 Å². The van der Waals surface area contributed by atoms with Crippen LogP contribution in [0.25, 0.3) is 0 Å². The molecule has 3 heteroatoms. The quantitative estimate of drug-likeness (QED) is 0.750. The van der Waals surface area contributed by atoms with Gasteiger partial charge in [0.15, 0.2) is 0 Å². The Hall–Kier alpha value is -0.830. The van der Waals surface area contributed by atoms with E-state index in [4.69, 9.17) is 4.74 Å². The number of ether oxygens (including phenoxy) is 1. The normalized spacial score (nSPS) is 25.3. The predicted molar refractivity (Wildman–Crippen MR) is 65.7 cm³/mol. The summed E-state index contributed by atoms with van der Waals surface area (Å²) in [6.07, 6.45) is 5.20. The molecule has 0 spiro atoms. The standard InChI is InChI=1S/C13H18O2S/c1-2-13(14)15-11-7-4-3-6-10(11)12-8-5-9-16-12/h5,8-11H,2-4,6-7H2,1H3/t10-,11-/m1/s1. The predicted octanol–water partition coefficient (Wildman–Crippen LogP) is 3.73. The van der Waals surface area contributed by atoms with Crippen molar-refractivity contribution >= 4 is 17.3 Å². The summed E-state index contributed by atoms with van der Waals surface area (Å²) in [5.74, 6) is 0.373. The second-order valence-electron chi connectivity index (χ2n) is 4.29. The highest BCUT2D eigenvalue weighted by Crippen LogP contribution is 2.37. The Labute approximate surface area is 101 Å². The van der Waals surface area contributed by atoms with Crippen LogP contribution in [0, 0.1) is 0 Å². The van der Waals surface area contributed by atoms with Crippen molar-refractivity contribution in [3.63, 3.8) is 0 Å². The van der Waals surface area contributed by atoms with Crippen LogP contribution in [0.2, 0.25) is 0 Å². The molecule has 1 aromatic rings. The molecule has 16 heavy (non-hydrogen) atoms. The van der Waals surface area contributed by atoms with Gasteiger partial charge < -0.3 is 4.74 Å². The van der Waals surface area contributed by atoms with E-state index in [1.165, 1.54) is 17.7 Å². The van der Waals surface area contributed by atoms with Gasteiger partial charge in [-0.25, -0.2) is 0 Å². The summed E-state index contributed by atoms with van der Waals surface area (Å²) in [6, 6.07) is 4.24. The summed E-state index contributed by atoms with van der Waals surface area (Å²) < 4.78 is 5.54. The monoisotopic (exact) mass is 238 g/mol. The van der Waals surface area contributed by atoms with Crippen molar-refractivity contribution < 1.29 is 9.53 Å². The van der Waals surface area contributed by atoms with Crippen LogP contribution in [-0.4, -0.2) is 12.1 Å². The lowest BCUT2D eigenvalue weighted by atomic mass is 9.85. The van der Waals surface area contributed by atoms with Crippen molar-refractivity contribution in [2.45, 2.75) is 51.0 Å². The third kappa shape index (κ3) is 2.64. The van der Waals surface area contributed by atoms with Crippen molar-refractivity contribution in [2.24, 2.45) is 0 Å². The lowest BCUT2D eigenvalue weighted by Gasteiger charge is -2.30. The molecule has 0 amide bonds. The number of hydrogen-bond donors (Lipinski definition) is 0. The molecule has 0 bridgehead atoms. The van der Waals surface area contributed by atoms with E-state index in [0.29, 0.717) is 12.3 Å². The number of hydrogen-bond acceptors (Lipinski definition) is 3. The van der Waals surface area contributed by atoms with Gasteiger partial charge in [0, 0.05) is 17.2 Å². The highest BCUT2D eigenvalue weighted by atomic mass is 32.1. The molecular formula is C13H18O2S. The minimum absolute atomic E-state index is 0.0616. The molecule has 0 N–H and O–H groups in total. The van der Waals surface area contributed by atoms with Gasteiger partial charge in [-0.15, -0.1) is 11.3 Å². The molecule has 1 aliphatic carbocycles. The topological polar surface area (TPSA) is 26.3 Å². The van der Waals surface area contributed by atoms with E-state index in [0.717, 1.165) is 12.8 Å². The summed E-state index contributed by atoms with van der Waals surface area (Å²) in [6.45, 7) is 1.85. The van der Waals surface area contributed by atoms with E-state index >= 15 is 0 Å². The van der Waals surface area contributed by atoms with Gasteiger partial charge in [0.1, 0.15) is 6.10 Å². The molecule has 2 nitrogen and oxygen atoms in total. The first-order valence-corrected chi connectivity index (χ1v) is 6.92. The van der Waals surface area contributed by atoms with Gasteiger partial charge in [0.2, 0.25) is 0 Å². The first-order valence-electron chi connectivity index (χ1n) is 6.04. The zero-order chi connectivity index (χ0) is 11.4. The van der Waals surface area contributed by atoms with Crippen LogP contribution in [0.1, 0.15) is 49.8 Å². The van der Waals surface area contributed by atoms with Gasteiger partial charge >= 0.3 is 5.97 Å². The molecule has 1 heterocycles. The maximum atomic E-state index is 11.4. The van der Waals surface area contributed by atoms with E-state index in [1.807, 2.05) is 6.92 Å². The van der Waals surface area contributed by atoms with Crippen LogP contribution in [0.15, 0.2) is 17.5 Å². The average molecular weight is 238 g/mol. The van der Waals surface area contributed by atoms with Crippen molar-refractivity contribution in [1.82, 2.24) is 0 Å². The average Bonchev–Trinajstić information content (AvgIpc) is 2.83. The highest BCUT2D eigenvalue weighted by Gasteiger charge is 2.29. The molecule has 1 aliphatic rings. The van der Waals surface area contributed by atoms with Gasteiger partial charge in [-0.3, -0.25) is 4.79 Å². The van der Waals surface area contributed by atoms with E-state index in [-0.39, 0.29) is 12.1 Å². The number of thiophene rings is 1. The fourth-order valence-electron chi connectivity index (χ4n) is 2.32. The molecule has 88 valence electrons. The maximum absolute atomic E-state index is 11.4. The molecule has 1 saturated carbocycles. The molecule has 0 unspecified atom stereocenters. The fourth-order valence-corrected chi connectivity index (χ4v) is 3.23. The Morgan fingerprint density at radius 2 is 2.31 bits per heavy atom. The second-order valence-corrected chi connectivity index (χ2v) is 5.27. The lowest BCUT2D eigenvalue weighted by molar-refractivity contribution is -0.151. The minimum atomic E-state index is -0.0616. The number of carbonyl (C=O) groups excluding carboxylic acids is 1. The zero-order valence-electron chi connectivity index (χ0n) is 9.65. The second kappa shape index (κ2) is 5.48. The van der Waals surface area contributed by atoms with Crippen LogP contribution in [0.5, 0.6) is 0 Å². The van der Waals surface area contributed by atoms with E-state index < -0.39 is 0 Å². The molecule has 2 atom stereocenters. The Morgan fingerprint density at radius 3 is 3.00 bits per heavy atom. The Balaban J connectivity index is 2.05.